The number of ether oxygens (including phenoxy) is 3. The van der Waals surface area contributed by atoms with Crippen LogP contribution < -0.4 is 0 Å². The molecule has 18 heteroatoms. The summed E-state index contributed by atoms with van der Waals surface area (Å²) in [7, 11) is 0. The second-order valence-electron chi connectivity index (χ2n) is 10.7. The van der Waals surface area contributed by atoms with E-state index in [-0.39, 0.29) is 62.9 Å². The van der Waals surface area contributed by atoms with E-state index in [0.717, 1.165) is 48.5 Å². The van der Waals surface area contributed by atoms with Gasteiger partial charge in [-0.3, -0.25) is 9.80 Å². The van der Waals surface area contributed by atoms with Crippen LogP contribution in [0.5, 0.6) is 0 Å². The lowest BCUT2D eigenvalue weighted by Crippen LogP contribution is -2.53. The van der Waals surface area contributed by atoms with E-state index < -0.39 is 73.3 Å². The van der Waals surface area contributed by atoms with E-state index in [9.17, 15) is 52.7 Å². The monoisotopic (exact) mass is 704 g/mol. The maximum atomic E-state index is 14.0. The summed E-state index contributed by atoms with van der Waals surface area (Å²) in [6, 6.07) is 7.65. The normalized spacial score (nSPS) is 22.3. The molecule has 2 aliphatic heterocycles. The van der Waals surface area contributed by atoms with Gasteiger partial charge in [-0.25, -0.2) is 0 Å². The smallest absolute Gasteiger partial charge is 0.371 e. The van der Waals surface area contributed by atoms with Crippen LogP contribution in [0.25, 0.3) is 0 Å². The molecule has 0 saturated carbocycles. The first-order chi connectivity index (χ1) is 20.8. The van der Waals surface area contributed by atoms with E-state index in [4.69, 9.17) is 14.2 Å². The number of halogens is 13. The highest BCUT2D eigenvalue weighted by Crippen LogP contribution is 2.35. The molecule has 0 spiro atoms. The molecule has 260 valence electrons. The Balaban J connectivity index is 0.00000576. The highest BCUT2D eigenvalue weighted by molar-refractivity contribution is 5.85. The second-order valence-corrected chi connectivity index (χ2v) is 10.7. The van der Waals surface area contributed by atoms with Gasteiger partial charge in [-0.05, 0) is 35.4 Å². The van der Waals surface area contributed by atoms with Crippen LogP contribution in [-0.4, -0.2) is 86.8 Å². The minimum Gasteiger partial charge on any atom is -0.371 e. The standard InChI is InChI=1S/C28H28F12N2O3.ClH/c29-25(30,31)19-5-1-17(2-6-19)21-13-41(9-11-43-21)15-23(27(35,36)37)45-24(28(38,39)40)16-42-10-12-44-22(14-42)18-3-7-20(8-4-18)26(32,33)34;/h1-8,21-24H,9-16H2;1H/t21-,22-,23+,24+;/m1./s1. The zero-order valence-electron chi connectivity index (χ0n) is 23.6. The van der Waals surface area contributed by atoms with Crippen LogP contribution in [0.1, 0.15) is 34.5 Å². The summed E-state index contributed by atoms with van der Waals surface area (Å²) in [5, 5.41) is 0. The zero-order chi connectivity index (χ0) is 33.2. The van der Waals surface area contributed by atoms with Gasteiger partial charge in [0.2, 0.25) is 0 Å². The van der Waals surface area contributed by atoms with Crippen molar-refractivity contribution in [1.82, 2.24) is 9.80 Å². The number of benzene rings is 2. The summed E-state index contributed by atoms with van der Waals surface area (Å²) in [5.74, 6) is 0. The predicted octanol–water partition coefficient (Wildman–Crippen LogP) is 7.47. The van der Waals surface area contributed by atoms with Gasteiger partial charge in [-0.1, -0.05) is 24.3 Å². The van der Waals surface area contributed by atoms with Crippen LogP contribution in [0.3, 0.4) is 0 Å². The summed E-state index contributed by atoms with van der Waals surface area (Å²) in [5.41, 5.74) is -1.37. The molecule has 2 saturated heterocycles. The Morgan fingerprint density at radius 1 is 0.587 bits per heavy atom. The summed E-state index contributed by atoms with van der Waals surface area (Å²) >= 11 is 0. The third-order valence-electron chi connectivity index (χ3n) is 7.43. The topological polar surface area (TPSA) is 34.2 Å². The summed E-state index contributed by atoms with van der Waals surface area (Å²) in [4.78, 5) is 2.35. The fourth-order valence-corrected chi connectivity index (χ4v) is 5.03. The van der Waals surface area contributed by atoms with Gasteiger partial charge in [-0.15, -0.1) is 12.4 Å². The number of hydrogen-bond donors (Lipinski definition) is 0. The Morgan fingerprint density at radius 2 is 0.913 bits per heavy atom. The van der Waals surface area contributed by atoms with Crippen molar-refractivity contribution >= 4 is 12.4 Å². The van der Waals surface area contributed by atoms with Gasteiger partial charge in [-0.2, -0.15) is 52.7 Å². The first-order valence-corrected chi connectivity index (χ1v) is 13.6. The van der Waals surface area contributed by atoms with Gasteiger partial charge >= 0.3 is 24.7 Å². The minimum absolute atomic E-state index is 0. The molecular formula is C28H29ClF12N2O3. The number of hydrogen-bond acceptors (Lipinski definition) is 5. The molecule has 5 nitrogen and oxygen atoms in total. The van der Waals surface area contributed by atoms with Gasteiger partial charge in [0.05, 0.1) is 36.5 Å². The van der Waals surface area contributed by atoms with Crippen LogP contribution in [0.4, 0.5) is 52.7 Å². The van der Waals surface area contributed by atoms with E-state index >= 15 is 0 Å². The Morgan fingerprint density at radius 3 is 1.20 bits per heavy atom. The van der Waals surface area contributed by atoms with Crippen LogP contribution in [0, 0.1) is 0 Å². The van der Waals surface area contributed by atoms with Crippen molar-refractivity contribution in [2.75, 3.05) is 52.5 Å². The molecule has 4 atom stereocenters. The highest BCUT2D eigenvalue weighted by atomic mass is 35.5. The first kappa shape index (κ1) is 38.1. The largest absolute Gasteiger partial charge is 0.416 e. The quantitative estimate of drug-likeness (QED) is 0.267. The summed E-state index contributed by atoms with van der Waals surface area (Å²) in [6.07, 6.45) is -27.2. The molecule has 46 heavy (non-hydrogen) atoms. The number of morpholine rings is 2. The van der Waals surface area contributed by atoms with Crippen molar-refractivity contribution in [3.63, 3.8) is 0 Å². The molecule has 0 aliphatic carbocycles. The number of nitrogens with zero attached hydrogens (tertiary/aromatic N) is 2. The van der Waals surface area contributed by atoms with Gasteiger partial charge in [0.15, 0.2) is 12.2 Å². The maximum Gasteiger partial charge on any atom is 0.416 e. The fourth-order valence-electron chi connectivity index (χ4n) is 5.03. The van der Waals surface area contributed by atoms with E-state index in [1.807, 2.05) is 0 Å². The van der Waals surface area contributed by atoms with Gasteiger partial charge < -0.3 is 14.2 Å². The Kier molecular flexibility index (Phi) is 12.3. The lowest BCUT2D eigenvalue weighted by molar-refractivity contribution is -0.292. The van der Waals surface area contributed by atoms with Crippen molar-refractivity contribution in [1.29, 1.82) is 0 Å². The van der Waals surface area contributed by atoms with Gasteiger partial charge in [0.1, 0.15) is 0 Å². The highest BCUT2D eigenvalue weighted by Gasteiger charge is 2.50. The van der Waals surface area contributed by atoms with Crippen molar-refractivity contribution in [3.05, 3.63) is 70.8 Å². The lowest BCUT2D eigenvalue weighted by atomic mass is 10.0. The molecule has 0 amide bonds. The number of alkyl halides is 12. The van der Waals surface area contributed by atoms with Crippen molar-refractivity contribution < 1.29 is 66.9 Å². The van der Waals surface area contributed by atoms with Crippen LogP contribution >= 0.6 is 12.4 Å². The zero-order valence-corrected chi connectivity index (χ0v) is 24.5. The number of rotatable bonds is 8. The lowest BCUT2D eigenvalue weighted by Gasteiger charge is -2.39. The molecule has 0 aromatic heterocycles. The van der Waals surface area contributed by atoms with E-state index in [2.05, 4.69) is 0 Å². The maximum absolute atomic E-state index is 14.0. The Hall–Kier alpha value is -2.31. The van der Waals surface area contributed by atoms with Crippen LogP contribution in [-0.2, 0) is 26.6 Å². The molecule has 0 bridgehead atoms. The third kappa shape index (κ3) is 10.3. The molecule has 2 aliphatic rings. The van der Waals surface area contributed by atoms with Crippen LogP contribution in [0.15, 0.2) is 48.5 Å². The van der Waals surface area contributed by atoms with Gasteiger partial charge in [0, 0.05) is 39.3 Å². The predicted molar refractivity (Wildman–Crippen MR) is 141 cm³/mol. The molecule has 0 N–H and O–H groups in total. The molecule has 2 aromatic carbocycles. The van der Waals surface area contributed by atoms with E-state index in [1.165, 1.54) is 9.80 Å². The van der Waals surface area contributed by atoms with E-state index in [0.29, 0.717) is 0 Å². The molecule has 0 unspecified atom stereocenters. The van der Waals surface area contributed by atoms with Crippen molar-refractivity contribution in [3.8, 4) is 0 Å². The SMILES string of the molecule is Cl.FC(F)(F)c1ccc([C@H]2CN(C[C@H](O[C@@H](CN3CCO[C@@H](c4ccc(C(F)(F)F)cc4)C3)C(F)(F)F)C(F)(F)F)CCO2)cc1. The van der Waals surface area contributed by atoms with Gasteiger partial charge in [0.25, 0.3) is 0 Å². The second kappa shape index (κ2) is 14.8. The molecule has 0 radical (unpaired) electrons. The summed E-state index contributed by atoms with van der Waals surface area (Å²) in [6.45, 7) is -2.91. The summed E-state index contributed by atoms with van der Waals surface area (Å²) < 4.78 is 177. The molecule has 2 fully saturated rings. The Labute approximate surface area is 261 Å². The molecular weight excluding hydrogens is 676 g/mol. The van der Waals surface area contributed by atoms with Crippen molar-refractivity contribution in [2.45, 2.75) is 49.1 Å². The fraction of sp³-hybridized carbons (Fsp3) is 0.571. The first-order valence-electron chi connectivity index (χ1n) is 13.6. The average Bonchev–Trinajstić information content (AvgIpc) is 2.95. The molecule has 2 heterocycles. The minimum atomic E-state index is -5.21. The van der Waals surface area contributed by atoms with Crippen molar-refractivity contribution in [2.24, 2.45) is 0 Å². The van der Waals surface area contributed by atoms with E-state index in [1.54, 1.807) is 0 Å². The van der Waals surface area contributed by atoms with Crippen LogP contribution in [0.2, 0.25) is 0 Å². The average molecular weight is 705 g/mol. The Bertz CT molecular complexity index is 1140. The third-order valence-corrected chi connectivity index (χ3v) is 7.43. The molecule has 4 rings (SSSR count). The molecule has 2 aromatic rings.